The summed E-state index contributed by atoms with van der Waals surface area (Å²) in [6.07, 6.45) is 42.7. The van der Waals surface area contributed by atoms with E-state index in [0.29, 0.717) is 37.5 Å². The summed E-state index contributed by atoms with van der Waals surface area (Å²) in [5.74, 6) is -0.0283. The number of carbonyl (C=O) groups excluding carboxylic acids is 4. The molecule has 0 spiro atoms. The standard InChI is InChI=1S/C67H126O17P2/c1-8-10-11-12-13-14-15-16-17-18-19-20-26-34-41-48-64(69)77-54-62(83-66(71)50-43-36-27-22-21-24-31-38-45-58(3)4)56-81-85(73,74)79-52-61(68)53-80-86(75,76)82-57-63(84-67(72)51-44-37-28-23-25-32-39-46-59(5)6)55-78-65(70)49-42-35-30-29-33-40-47-60(7)9-2/h14-17,58-63,68H,8-13,18-57H2,1-7H3,(H,73,74)(H,75,76)/b15-14-,17-16-/t60?,61-,62-,63-/m1/s1. The van der Waals surface area contributed by atoms with E-state index in [0.717, 1.165) is 121 Å². The van der Waals surface area contributed by atoms with Gasteiger partial charge in [0.15, 0.2) is 12.2 Å². The molecule has 0 saturated carbocycles. The zero-order valence-corrected chi connectivity index (χ0v) is 57.0. The molecule has 0 amide bonds. The second-order valence-corrected chi connectivity index (χ2v) is 27.6. The van der Waals surface area contributed by atoms with Gasteiger partial charge in [-0.1, -0.05) is 253 Å². The van der Waals surface area contributed by atoms with Gasteiger partial charge in [-0.3, -0.25) is 37.3 Å². The van der Waals surface area contributed by atoms with Gasteiger partial charge in [0.2, 0.25) is 0 Å². The molecule has 0 saturated heterocycles. The number of esters is 4. The fourth-order valence-electron chi connectivity index (χ4n) is 9.44. The van der Waals surface area contributed by atoms with E-state index >= 15 is 0 Å². The van der Waals surface area contributed by atoms with Crippen molar-refractivity contribution in [2.75, 3.05) is 39.6 Å². The number of phosphoric acid groups is 2. The smallest absolute Gasteiger partial charge is 0.462 e. The summed E-state index contributed by atoms with van der Waals surface area (Å²) in [5, 5.41) is 10.5. The number of aliphatic hydroxyl groups is 1. The third-order valence-electron chi connectivity index (χ3n) is 15.1. The molecule has 0 aliphatic rings. The highest BCUT2D eigenvalue weighted by Crippen LogP contribution is 2.45. The normalized spacial score (nSPS) is 14.8. The molecule has 19 heteroatoms. The number of aliphatic hydroxyl groups excluding tert-OH is 1. The Hall–Kier alpha value is -2.46. The number of rotatable bonds is 63. The van der Waals surface area contributed by atoms with Crippen molar-refractivity contribution in [3.05, 3.63) is 24.3 Å². The Kier molecular flexibility index (Phi) is 56.0. The maximum atomic E-state index is 13.0. The zero-order chi connectivity index (χ0) is 63.8. The molecule has 0 aromatic heterocycles. The van der Waals surface area contributed by atoms with Crippen LogP contribution in [0.15, 0.2) is 24.3 Å². The molecular weight excluding hydrogens is 1140 g/mol. The van der Waals surface area contributed by atoms with E-state index in [4.69, 9.17) is 37.0 Å². The highest BCUT2D eigenvalue weighted by atomic mass is 31.2. The second kappa shape index (κ2) is 57.7. The fourth-order valence-corrected chi connectivity index (χ4v) is 11.0. The highest BCUT2D eigenvalue weighted by molar-refractivity contribution is 7.47. The lowest BCUT2D eigenvalue weighted by Crippen LogP contribution is -2.30. The first-order valence-electron chi connectivity index (χ1n) is 34.2. The van der Waals surface area contributed by atoms with Gasteiger partial charge in [0.05, 0.1) is 26.4 Å². The minimum Gasteiger partial charge on any atom is -0.462 e. The lowest BCUT2D eigenvalue weighted by atomic mass is 10.00. The summed E-state index contributed by atoms with van der Waals surface area (Å²) in [5.41, 5.74) is 0. The van der Waals surface area contributed by atoms with Crippen LogP contribution >= 0.6 is 15.6 Å². The Labute approximate surface area is 522 Å². The van der Waals surface area contributed by atoms with Gasteiger partial charge >= 0.3 is 39.5 Å². The van der Waals surface area contributed by atoms with Crippen LogP contribution in [-0.4, -0.2) is 96.7 Å². The molecule has 6 atom stereocenters. The van der Waals surface area contributed by atoms with Gasteiger partial charge in [-0.2, -0.15) is 0 Å². The van der Waals surface area contributed by atoms with Crippen molar-refractivity contribution in [3.8, 4) is 0 Å². The molecule has 506 valence electrons. The minimum absolute atomic E-state index is 0.0969. The van der Waals surface area contributed by atoms with Crippen LogP contribution in [-0.2, 0) is 65.4 Å². The summed E-state index contributed by atoms with van der Waals surface area (Å²) in [6, 6.07) is 0. The van der Waals surface area contributed by atoms with E-state index in [1.54, 1.807) is 0 Å². The number of ether oxygens (including phenoxy) is 4. The second-order valence-electron chi connectivity index (χ2n) is 24.7. The molecule has 3 unspecified atom stereocenters. The third kappa shape index (κ3) is 59.2. The first-order chi connectivity index (χ1) is 41.3. The van der Waals surface area contributed by atoms with Gasteiger partial charge in [0.25, 0.3) is 0 Å². The Balaban J connectivity index is 5.27. The molecule has 0 radical (unpaired) electrons. The highest BCUT2D eigenvalue weighted by Gasteiger charge is 2.30. The van der Waals surface area contributed by atoms with Gasteiger partial charge in [0, 0.05) is 25.7 Å². The first kappa shape index (κ1) is 83.5. The van der Waals surface area contributed by atoms with Gasteiger partial charge in [-0.15, -0.1) is 0 Å². The summed E-state index contributed by atoms with van der Waals surface area (Å²) in [6.45, 7) is 11.6. The lowest BCUT2D eigenvalue weighted by molar-refractivity contribution is -0.161. The van der Waals surface area contributed by atoms with Crippen molar-refractivity contribution in [2.45, 2.75) is 324 Å². The van der Waals surface area contributed by atoms with E-state index in [-0.39, 0.29) is 25.7 Å². The van der Waals surface area contributed by atoms with Crippen molar-refractivity contribution in [3.63, 3.8) is 0 Å². The molecule has 0 aliphatic heterocycles. The molecule has 0 aliphatic carbocycles. The largest absolute Gasteiger partial charge is 0.472 e. The van der Waals surface area contributed by atoms with Crippen LogP contribution in [0.5, 0.6) is 0 Å². The SMILES string of the molecule is CCCCCC/C=C\C=C/CCCCCCCC(=O)OC[C@H](COP(=O)(O)OC[C@@H](O)COP(=O)(O)OC[C@@H](COC(=O)CCCCCCCCC(C)CC)OC(=O)CCCCCCCCCC(C)C)OC(=O)CCCCCCCCCCC(C)C. The van der Waals surface area contributed by atoms with Crippen LogP contribution < -0.4 is 0 Å². The summed E-state index contributed by atoms with van der Waals surface area (Å²) >= 11 is 0. The molecule has 86 heavy (non-hydrogen) atoms. The number of unbranched alkanes of at least 4 members (excludes halogenated alkanes) is 27. The van der Waals surface area contributed by atoms with E-state index in [9.17, 15) is 43.2 Å². The van der Waals surface area contributed by atoms with Crippen LogP contribution in [0, 0.1) is 17.8 Å². The molecule has 0 bridgehead atoms. The molecule has 0 aromatic carbocycles. The molecule has 17 nitrogen and oxygen atoms in total. The third-order valence-corrected chi connectivity index (χ3v) is 17.0. The Morgan fingerprint density at radius 1 is 0.384 bits per heavy atom. The Morgan fingerprint density at radius 3 is 1.03 bits per heavy atom. The Bertz CT molecular complexity index is 1790. The Morgan fingerprint density at radius 2 is 0.686 bits per heavy atom. The van der Waals surface area contributed by atoms with Crippen LogP contribution in [0.1, 0.15) is 305 Å². The number of hydrogen-bond acceptors (Lipinski definition) is 15. The topological polar surface area (TPSA) is 237 Å². The van der Waals surface area contributed by atoms with Crippen LogP contribution in [0.3, 0.4) is 0 Å². The molecular formula is C67H126O17P2. The predicted molar refractivity (Wildman–Crippen MR) is 344 cm³/mol. The number of phosphoric ester groups is 2. The maximum absolute atomic E-state index is 13.0. The van der Waals surface area contributed by atoms with Crippen molar-refractivity contribution < 1.29 is 80.2 Å². The van der Waals surface area contributed by atoms with Crippen LogP contribution in [0.2, 0.25) is 0 Å². The molecule has 0 heterocycles. The van der Waals surface area contributed by atoms with Gasteiger partial charge < -0.3 is 33.8 Å². The maximum Gasteiger partial charge on any atom is 0.472 e. The first-order valence-corrected chi connectivity index (χ1v) is 37.2. The van der Waals surface area contributed by atoms with E-state index in [2.05, 4.69) is 72.8 Å². The predicted octanol–water partition coefficient (Wildman–Crippen LogP) is 18.2. The number of carbonyl (C=O) groups is 4. The molecule has 0 fully saturated rings. The van der Waals surface area contributed by atoms with E-state index < -0.39 is 97.5 Å². The van der Waals surface area contributed by atoms with Crippen molar-refractivity contribution in [1.82, 2.24) is 0 Å². The van der Waals surface area contributed by atoms with Crippen molar-refractivity contribution in [1.29, 1.82) is 0 Å². The van der Waals surface area contributed by atoms with Gasteiger partial charge in [-0.25, -0.2) is 9.13 Å². The van der Waals surface area contributed by atoms with Gasteiger partial charge in [0.1, 0.15) is 19.3 Å². The van der Waals surface area contributed by atoms with Crippen molar-refractivity contribution in [2.24, 2.45) is 17.8 Å². The minimum atomic E-state index is -4.96. The van der Waals surface area contributed by atoms with Crippen LogP contribution in [0.4, 0.5) is 0 Å². The fraction of sp³-hybridized carbons (Fsp3) is 0.881. The summed E-state index contributed by atoms with van der Waals surface area (Å²) in [4.78, 5) is 72.3. The number of hydrogen-bond donors (Lipinski definition) is 3. The molecule has 0 rings (SSSR count). The van der Waals surface area contributed by atoms with E-state index in [1.165, 1.54) is 89.9 Å². The van der Waals surface area contributed by atoms with E-state index in [1.807, 2.05) is 0 Å². The quantitative estimate of drug-likeness (QED) is 0.0169. The summed E-state index contributed by atoms with van der Waals surface area (Å²) < 4.78 is 68.0. The zero-order valence-electron chi connectivity index (χ0n) is 55.3. The number of allylic oxidation sites excluding steroid dienone is 4. The monoisotopic (exact) mass is 1260 g/mol. The van der Waals surface area contributed by atoms with Crippen LogP contribution in [0.25, 0.3) is 0 Å². The molecule has 0 aromatic rings. The van der Waals surface area contributed by atoms with Crippen molar-refractivity contribution >= 4 is 39.5 Å². The van der Waals surface area contributed by atoms with Gasteiger partial charge in [-0.05, 0) is 69.1 Å². The summed E-state index contributed by atoms with van der Waals surface area (Å²) in [7, 11) is -9.91. The lowest BCUT2D eigenvalue weighted by Gasteiger charge is -2.21. The molecule has 3 N–H and O–H groups in total. The average Bonchev–Trinajstić information content (AvgIpc) is 3.65. The average molecular weight is 1270 g/mol.